The second-order valence-corrected chi connectivity index (χ2v) is 6.41. The molecular formula is C16H32. The molecule has 0 saturated heterocycles. The lowest BCUT2D eigenvalue weighted by molar-refractivity contribution is 0.0703. The summed E-state index contributed by atoms with van der Waals surface area (Å²) >= 11 is 0. The Morgan fingerprint density at radius 2 is 1.69 bits per heavy atom. The van der Waals surface area contributed by atoms with Crippen LogP contribution in [0.2, 0.25) is 0 Å². The summed E-state index contributed by atoms with van der Waals surface area (Å²) in [5.41, 5.74) is 0. The van der Waals surface area contributed by atoms with Crippen LogP contribution in [0, 0.1) is 29.6 Å². The lowest BCUT2D eigenvalue weighted by Gasteiger charge is -2.43. The van der Waals surface area contributed by atoms with Gasteiger partial charge in [0.1, 0.15) is 0 Å². The van der Waals surface area contributed by atoms with E-state index in [1.807, 2.05) is 0 Å². The van der Waals surface area contributed by atoms with Crippen LogP contribution >= 0.6 is 0 Å². The van der Waals surface area contributed by atoms with E-state index >= 15 is 0 Å². The predicted molar refractivity (Wildman–Crippen MR) is 73.5 cm³/mol. The summed E-state index contributed by atoms with van der Waals surface area (Å²) in [5.74, 6) is 4.92. The van der Waals surface area contributed by atoms with Crippen molar-refractivity contribution in [3.05, 3.63) is 0 Å². The molecule has 0 heteroatoms. The molecule has 1 rings (SSSR count). The summed E-state index contributed by atoms with van der Waals surface area (Å²) < 4.78 is 0. The van der Waals surface area contributed by atoms with E-state index in [4.69, 9.17) is 0 Å². The molecule has 96 valence electrons. The van der Waals surface area contributed by atoms with Crippen molar-refractivity contribution in [2.75, 3.05) is 0 Å². The van der Waals surface area contributed by atoms with Crippen LogP contribution in [0.25, 0.3) is 0 Å². The molecule has 2 unspecified atom stereocenters. The molecule has 1 aliphatic carbocycles. The van der Waals surface area contributed by atoms with Gasteiger partial charge >= 0.3 is 0 Å². The van der Waals surface area contributed by atoms with E-state index in [1.54, 1.807) is 0 Å². The first-order valence-corrected chi connectivity index (χ1v) is 7.60. The third-order valence-electron chi connectivity index (χ3n) is 4.98. The van der Waals surface area contributed by atoms with Crippen molar-refractivity contribution >= 4 is 0 Å². The first-order chi connectivity index (χ1) is 7.60. The van der Waals surface area contributed by atoms with Crippen LogP contribution in [-0.2, 0) is 0 Å². The van der Waals surface area contributed by atoms with E-state index in [0.717, 1.165) is 29.6 Å². The van der Waals surface area contributed by atoms with Crippen molar-refractivity contribution in [1.82, 2.24) is 0 Å². The maximum atomic E-state index is 2.51. The van der Waals surface area contributed by atoms with Gasteiger partial charge in [0.05, 0.1) is 0 Å². The molecule has 0 aliphatic heterocycles. The van der Waals surface area contributed by atoms with Gasteiger partial charge in [-0.15, -0.1) is 0 Å². The largest absolute Gasteiger partial charge is 0.0654 e. The average molecular weight is 224 g/mol. The number of unbranched alkanes of at least 4 members (excludes halogenated alkanes) is 1. The van der Waals surface area contributed by atoms with Gasteiger partial charge in [-0.2, -0.15) is 0 Å². The standard InChI is InChI=1S/C16H32/c1-6-8-9-14-10-15(11-14)13(5)16(7-2)12(3)4/h12-16H,6-11H2,1-5H3. The molecule has 16 heavy (non-hydrogen) atoms. The van der Waals surface area contributed by atoms with Crippen molar-refractivity contribution in [2.24, 2.45) is 29.6 Å². The van der Waals surface area contributed by atoms with Crippen LogP contribution < -0.4 is 0 Å². The zero-order chi connectivity index (χ0) is 12.1. The maximum absolute atomic E-state index is 2.51. The Bertz CT molecular complexity index is 176. The molecule has 0 bridgehead atoms. The molecule has 0 amide bonds. The quantitative estimate of drug-likeness (QED) is 0.534. The second-order valence-electron chi connectivity index (χ2n) is 6.41. The van der Waals surface area contributed by atoms with Crippen LogP contribution in [-0.4, -0.2) is 0 Å². The number of hydrogen-bond acceptors (Lipinski definition) is 0. The highest BCUT2D eigenvalue weighted by atomic mass is 14.4. The van der Waals surface area contributed by atoms with E-state index in [2.05, 4.69) is 34.6 Å². The van der Waals surface area contributed by atoms with Gasteiger partial charge in [-0.05, 0) is 42.4 Å². The molecule has 1 fully saturated rings. The maximum Gasteiger partial charge on any atom is -0.0365 e. The van der Waals surface area contributed by atoms with Crippen LogP contribution in [0.1, 0.15) is 73.1 Å². The van der Waals surface area contributed by atoms with Gasteiger partial charge in [0.15, 0.2) is 0 Å². The molecule has 0 aromatic carbocycles. The van der Waals surface area contributed by atoms with Crippen molar-refractivity contribution in [3.63, 3.8) is 0 Å². The second kappa shape index (κ2) is 6.67. The number of rotatable bonds is 7. The van der Waals surface area contributed by atoms with Crippen LogP contribution in [0.3, 0.4) is 0 Å². The van der Waals surface area contributed by atoms with E-state index < -0.39 is 0 Å². The van der Waals surface area contributed by atoms with E-state index in [0.29, 0.717) is 0 Å². The van der Waals surface area contributed by atoms with Crippen LogP contribution in [0.15, 0.2) is 0 Å². The van der Waals surface area contributed by atoms with Crippen molar-refractivity contribution in [2.45, 2.75) is 73.1 Å². The highest BCUT2D eigenvalue weighted by molar-refractivity contribution is 4.86. The highest BCUT2D eigenvalue weighted by Gasteiger charge is 2.35. The molecule has 0 N–H and O–H groups in total. The van der Waals surface area contributed by atoms with E-state index in [1.165, 1.54) is 38.5 Å². The van der Waals surface area contributed by atoms with Gasteiger partial charge in [0.2, 0.25) is 0 Å². The fourth-order valence-electron chi connectivity index (χ4n) is 3.74. The lowest BCUT2D eigenvalue weighted by Crippen LogP contribution is -2.34. The minimum Gasteiger partial charge on any atom is -0.0654 e. The van der Waals surface area contributed by atoms with Gasteiger partial charge in [0.25, 0.3) is 0 Å². The Morgan fingerprint density at radius 3 is 2.12 bits per heavy atom. The van der Waals surface area contributed by atoms with E-state index in [-0.39, 0.29) is 0 Å². The molecule has 0 aromatic heterocycles. The van der Waals surface area contributed by atoms with Gasteiger partial charge in [0, 0.05) is 0 Å². The Kier molecular flexibility index (Phi) is 5.86. The van der Waals surface area contributed by atoms with Gasteiger partial charge in [-0.3, -0.25) is 0 Å². The van der Waals surface area contributed by atoms with Crippen LogP contribution in [0.4, 0.5) is 0 Å². The smallest absolute Gasteiger partial charge is 0.0365 e. The predicted octanol–water partition coefficient (Wildman–Crippen LogP) is 5.52. The van der Waals surface area contributed by atoms with Crippen molar-refractivity contribution in [3.8, 4) is 0 Å². The fraction of sp³-hybridized carbons (Fsp3) is 1.00. The fourth-order valence-corrected chi connectivity index (χ4v) is 3.74. The zero-order valence-corrected chi connectivity index (χ0v) is 12.1. The molecule has 0 aromatic rings. The van der Waals surface area contributed by atoms with Crippen molar-refractivity contribution in [1.29, 1.82) is 0 Å². The molecule has 2 atom stereocenters. The van der Waals surface area contributed by atoms with Gasteiger partial charge < -0.3 is 0 Å². The monoisotopic (exact) mass is 224 g/mol. The summed E-state index contributed by atoms with van der Waals surface area (Å²) in [4.78, 5) is 0. The molecule has 0 radical (unpaired) electrons. The molecule has 0 spiro atoms. The Balaban J connectivity index is 2.27. The minimum absolute atomic E-state index is 0.870. The third kappa shape index (κ3) is 3.50. The summed E-state index contributed by atoms with van der Waals surface area (Å²) in [6.45, 7) is 12.0. The van der Waals surface area contributed by atoms with Crippen LogP contribution in [0.5, 0.6) is 0 Å². The average Bonchev–Trinajstić information content (AvgIpc) is 2.16. The molecule has 0 nitrogen and oxygen atoms in total. The number of hydrogen-bond donors (Lipinski definition) is 0. The molecular weight excluding hydrogens is 192 g/mol. The zero-order valence-electron chi connectivity index (χ0n) is 12.1. The summed E-state index contributed by atoms with van der Waals surface area (Å²) in [6.07, 6.45) is 8.76. The normalized spacial score (nSPS) is 28.9. The first-order valence-electron chi connectivity index (χ1n) is 7.60. The molecule has 1 saturated carbocycles. The highest BCUT2D eigenvalue weighted by Crippen LogP contribution is 2.45. The Hall–Kier alpha value is 0. The molecule has 1 aliphatic rings. The SMILES string of the molecule is CCCCC1CC(C(C)C(CC)C(C)C)C1. The van der Waals surface area contributed by atoms with Gasteiger partial charge in [-0.25, -0.2) is 0 Å². The van der Waals surface area contributed by atoms with Gasteiger partial charge in [-0.1, -0.05) is 60.3 Å². The summed E-state index contributed by atoms with van der Waals surface area (Å²) in [5, 5.41) is 0. The summed E-state index contributed by atoms with van der Waals surface area (Å²) in [7, 11) is 0. The first kappa shape index (κ1) is 14.1. The van der Waals surface area contributed by atoms with E-state index in [9.17, 15) is 0 Å². The Labute approximate surface area is 103 Å². The third-order valence-corrected chi connectivity index (χ3v) is 4.98. The Morgan fingerprint density at radius 1 is 1.06 bits per heavy atom. The molecule has 0 heterocycles. The topological polar surface area (TPSA) is 0 Å². The summed E-state index contributed by atoms with van der Waals surface area (Å²) in [6, 6.07) is 0. The lowest BCUT2D eigenvalue weighted by atomic mass is 9.62. The minimum atomic E-state index is 0.870. The van der Waals surface area contributed by atoms with Crippen molar-refractivity contribution < 1.29 is 0 Å².